The summed E-state index contributed by atoms with van der Waals surface area (Å²) in [5, 5.41) is 0.433. The molecule has 1 aliphatic rings. The molecule has 0 spiro atoms. The Morgan fingerprint density at radius 3 is 2.34 bits per heavy atom. The number of ether oxygens (including phenoxy) is 2. The average Bonchev–Trinajstić information content (AvgIpc) is 3.23. The summed E-state index contributed by atoms with van der Waals surface area (Å²) in [7, 11) is -1.43. The van der Waals surface area contributed by atoms with Crippen molar-refractivity contribution in [3.63, 3.8) is 0 Å². The summed E-state index contributed by atoms with van der Waals surface area (Å²) in [6.45, 7) is 2.57. The molecule has 8 nitrogen and oxygen atoms in total. The van der Waals surface area contributed by atoms with Gasteiger partial charge in [-0.1, -0.05) is 41.9 Å². The highest BCUT2D eigenvalue weighted by Crippen LogP contribution is 2.33. The summed E-state index contributed by atoms with van der Waals surface area (Å²) in [5.41, 5.74) is 1.47. The highest BCUT2D eigenvalue weighted by molar-refractivity contribution is 7.90. The van der Waals surface area contributed by atoms with Crippen LogP contribution in [0.15, 0.2) is 76.4 Å². The van der Waals surface area contributed by atoms with Gasteiger partial charge in [0.2, 0.25) is 0 Å². The zero-order valence-electron chi connectivity index (χ0n) is 21.3. The molecule has 5 rings (SSSR count). The third kappa shape index (κ3) is 4.93. The summed E-state index contributed by atoms with van der Waals surface area (Å²) in [6, 6.07) is 19.5. The fraction of sp³-hybridized carbons (Fsp3) is 0.321. The molecule has 2 heterocycles. The first-order valence-corrected chi connectivity index (χ1v) is 14.3. The van der Waals surface area contributed by atoms with E-state index < -0.39 is 15.7 Å². The Morgan fingerprint density at radius 2 is 1.66 bits per heavy atom. The Morgan fingerprint density at radius 1 is 0.921 bits per heavy atom. The lowest BCUT2D eigenvalue weighted by atomic mass is 10.0. The van der Waals surface area contributed by atoms with Crippen LogP contribution >= 0.6 is 11.6 Å². The number of piperidine rings is 1. The van der Waals surface area contributed by atoms with Crippen LogP contribution in [-0.4, -0.2) is 55.7 Å². The molecular formula is C28H30ClN3O5S. The molecule has 0 atom stereocenters. The third-order valence-corrected chi connectivity index (χ3v) is 9.13. The van der Waals surface area contributed by atoms with Crippen molar-refractivity contribution in [2.75, 3.05) is 33.9 Å². The van der Waals surface area contributed by atoms with Gasteiger partial charge < -0.3 is 14.4 Å². The predicted octanol–water partition coefficient (Wildman–Crippen LogP) is 4.59. The minimum absolute atomic E-state index is 0.0952. The summed E-state index contributed by atoms with van der Waals surface area (Å²) in [5.74, 6) is 0.541. The van der Waals surface area contributed by atoms with Crippen LogP contribution in [-0.2, 0) is 16.4 Å². The maximum atomic E-state index is 13.9. The molecule has 1 saturated heterocycles. The molecule has 0 unspecified atom stereocenters. The maximum Gasteiger partial charge on any atom is 0.343 e. The zero-order valence-corrected chi connectivity index (χ0v) is 22.9. The van der Waals surface area contributed by atoms with Crippen molar-refractivity contribution in [1.82, 2.24) is 13.4 Å². The molecule has 0 amide bonds. The Bertz CT molecular complexity index is 1610. The molecule has 4 aromatic rings. The van der Waals surface area contributed by atoms with E-state index in [9.17, 15) is 13.2 Å². The van der Waals surface area contributed by atoms with E-state index in [0.29, 0.717) is 16.3 Å². The molecule has 1 aromatic heterocycles. The van der Waals surface area contributed by atoms with Gasteiger partial charge in [0.25, 0.3) is 10.0 Å². The fourth-order valence-electron chi connectivity index (χ4n) is 5.17. The van der Waals surface area contributed by atoms with Gasteiger partial charge in [-0.25, -0.2) is 13.2 Å². The number of rotatable bonds is 8. The number of imidazole rings is 1. The van der Waals surface area contributed by atoms with Crippen LogP contribution in [0.5, 0.6) is 11.5 Å². The van der Waals surface area contributed by atoms with Crippen LogP contribution < -0.4 is 15.2 Å². The first kappa shape index (κ1) is 26.3. The minimum Gasteiger partial charge on any atom is -0.497 e. The molecule has 0 radical (unpaired) electrons. The maximum absolute atomic E-state index is 13.9. The minimum atomic E-state index is -4.30. The molecule has 38 heavy (non-hydrogen) atoms. The Labute approximate surface area is 227 Å². The number of methoxy groups -OCH3 is 2. The van der Waals surface area contributed by atoms with Gasteiger partial charge in [-0.15, -0.1) is 0 Å². The van der Waals surface area contributed by atoms with Gasteiger partial charge in [0.1, 0.15) is 16.4 Å². The van der Waals surface area contributed by atoms with E-state index in [1.807, 2.05) is 18.2 Å². The molecule has 1 fully saturated rings. The van der Waals surface area contributed by atoms with Gasteiger partial charge in [0.05, 0.1) is 25.3 Å². The van der Waals surface area contributed by atoms with Crippen molar-refractivity contribution in [3.05, 3.63) is 87.8 Å². The Kier molecular flexibility index (Phi) is 7.52. The van der Waals surface area contributed by atoms with Gasteiger partial charge >= 0.3 is 5.69 Å². The van der Waals surface area contributed by atoms with Gasteiger partial charge in [-0.2, -0.15) is 3.97 Å². The van der Waals surface area contributed by atoms with Crippen molar-refractivity contribution >= 4 is 32.7 Å². The highest BCUT2D eigenvalue weighted by atomic mass is 35.5. The quantitative estimate of drug-likeness (QED) is 0.316. The largest absolute Gasteiger partial charge is 0.497 e. The molecule has 200 valence electrons. The molecule has 0 aliphatic carbocycles. The smallest absolute Gasteiger partial charge is 0.343 e. The van der Waals surface area contributed by atoms with E-state index in [0.717, 1.165) is 42.9 Å². The van der Waals surface area contributed by atoms with Crippen LogP contribution in [0.25, 0.3) is 11.0 Å². The fourth-order valence-corrected chi connectivity index (χ4v) is 6.88. The number of hydrogen-bond acceptors (Lipinski definition) is 6. The van der Waals surface area contributed by atoms with E-state index in [2.05, 4.69) is 17.0 Å². The van der Waals surface area contributed by atoms with E-state index in [-0.39, 0.29) is 22.2 Å². The summed E-state index contributed by atoms with van der Waals surface area (Å²) in [4.78, 5) is 16.1. The van der Waals surface area contributed by atoms with Gasteiger partial charge in [0, 0.05) is 36.8 Å². The van der Waals surface area contributed by atoms with Crippen molar-refractivity contribution in [2.24, 2.45) is 0 Å². The lowest BCUT2D eigenvalue weighted by Crippen LogP contribution is -2.39. The predicted molar refractivity (Wildman–Crippen MR) is 148 cm³/mol. The normalized spacial score (nSPS) is 15.1. The van der Waals surface area contributed by atoms with E-state index in [1.54, 1.807) is 22.8 Å². The summed E-state index contributed by atoms with van der Waals surface area (Å²) < 4.78 is 40.8. The topological polar surface area (TPSA) is 82.8 Å². The van der Waals surface area contributed by atoms with Crippen LogP contribution in [0.2, 0.25) is 5.02 Å². The first-order chi connectivity index (χ1) is 18.3. The second-order valence-electron chi connectivity index (χ2n) is 9.38. The van der Waals surface area contributed by atoms with E-state index in [4.69, 9.17) is 21.1 Å². The zero-order chi connectivity index (χ0) is 26.9. The van der Waals surface area contributed by atoms with Gasteiger partial charge in [-0.05, 0) is 55.2 Å². The van der Waals surface area contributed by atoms with Crippen LogP contribution in [0.4, 0.5) is 0 Å². The van der Waals surface area contributed by atoms with Crippen LogP contribution in [0.1, 0.15) is 24.4 Å². The Hall–Kier alpha value is -3.27. The molecule has 0 saturated carbocycles. The van der Waals surface area contributed by atoms with Crippen molar-refractivity contribution in [3.8, 4) is 11.5 Å². The average molecular weight is 556 g/mol. The van der Waals surface area contributed by atoms with Crippen LogP contribution in [0, 0.1) is 0 Å². The first-order valence-electron chi connectivity index (χ1n) is 12.5. The summed E-state index contributed by atoms with van der Waals surface area (Å²) >= 11 is 6.31. The number of benzene rings is 3. The number of fused-ring (bicyclic) bond motifs is 1. The molecule has 3 aromatic carbocycles. The number of halogens is 1. The molecule has 10 heteroatoms. The second kappa shape index (κ2) is 10.8. The Balaban J connectivity index is 1.49. The number of aromatic nitrogens is 2. The monoisotopic (exact) mass is 555 g/mol. The van der Waals surface area contributed by atoms with E-state index in [1.165, 1.54) is 38.0 Å². The van der Waals surface area contributed by atoms with Crippen LogP contribution in [0.3, 0.4) is 0 Å². The number of likely N-dealkylation sites (tertiary alicyclic amines) is 1. The lowest BCUT2D eigenvalue weighted by molar-refractivity contribution is 0.188. The second-order valence-corrected chi connectivity index (χ2v) is 11.6. The number of hydrogen-bond donors (Lipinski definition) is 0. The van der Waals surface area contributed by atoms with E-state index >= 15 is 0 Å². The molecule has 0 N–H and O–H groups in total. The molecule has 0 bridgehead atoms. The van der Waals surface area contributed by atoms with Gasteiger partial charge in [0.15, 0.2) is 0 Å². The SMILES string of the molecule is COc1ccc(S(=O)(=O)n2c(=O)n(C3CCN(CCc4ccccc4)CC3)c3cc(Cl)ccc32)c(OC)c1. The standard InChI is InChI=1S/C28H30ClN3O5S/c1-36-23-9-11-27(26(19-23)37-2)38(34,35)32-24-10-8-21(29)18-25(24)31(28(32)33)22-13-16-30(17-14-22)15-12-20-6-4-3-5-7-20/h3-11,18-19,22H,12-17H2,1-2H3. The van der Waals surface area contributed by atoms with Crippen molar-refractivity contribution < 1.29 is 17.9 Å². The van der Waals surface area contributed by atoms with Crippen molar-refractivity contribution in [1.29, 1.82) is 0 Å². The number of nitrogens with zero attached hydrogens (tertiary/aromatic N) is 3. The van der Waals surface area contributed by atoms with Crippen molar-refractivity contribution in [2.45, 2.75) is 30.2 Å². The lowest BCUT2D eigenvalue weighted by Gasteiger charge is -2.32. The third-order valence-electron chi connectivity index (χ3n) is 7.17. The molecular weight excluding hydrogens is 526 g/mol. The highest BCUT2D eigenvalue weighted by Gasteiger charge is 2.32. The molecule has 1 aliphatic heterocycles. The van der Waals surface area contributed by atoms with Gasteiger partial charge in [-0.3, -0.25) is 4.57 Å². The summed E-state index contributed by atoms with van der Waals surface area (Å²) in [6.07, 6.45) is 2.42.